The van der Waals surface area contributed by atoms with Gasteiger partial charge in [0.15, 0.2) is 0 Å². The molecule has 0 aromatic carbocycles. The van der Waals surface area contributed by atoms with Crippen LogP contribution < -0.4 is 0 Å². The van der Waals surface area contributed by atoms with E-state index in [4.69, 9.17) is 9.47 Å². The standard InChI is InChI=1S/C8H17NO2/c1-9(2)4-3-8-7-10-5-6-11-8/h8H,3-7H2,1-2H3. The number of nitrogens with zero attached hydrogens (tertiary/aromatic N) is 1. The number of hydrogen-bond donors (Lipinski definition) is 0. The summed E-state index contributed by atoms with van der Waals surface area (Å²) in [6.07, 6.45) is 1.40. The monoisotopic (exact) mass is 159 g/mol. The molecule has 1 heterocycles. The Morgan fingerprint density at radius 1 is 1.36 bits per heavy atom. The summed E-state index contributed by atoms with van der Waals surface area (Å²) in [6.45, 7) is 3.37. The van der Waals surface area contributed by atoms with Crippen LogP contribution in [0.4, 0.5) is 0 Å². The molecule has 3 heteroatoms. The minimum atomic E-state index is 0.325. The molecule has 1 rings (SSSR count). The first kappa shape index (κ1) is 8.97. The molecule has 0 aliphatic carbocycles. The molecular formula is C8H17NO2. The molecule has 0 spiro atoms. The van der Waals surface area contributed by atoms with E-state index in [9.17, 15) is 0 Å². The second-order valence-electron chi connectivity index (χ2n) is 3.16. The summed E-state index contributed by atoms with van der Waals surface area (Å²) in [7, 11) is 4.15. The fourth-order valence-electron chi connectivity index (χ4n) is 1.11. The molecule has 1 unspecified atom stereocenters. The average molecular weight is 159 g/mol. The lowest BCUT2D eigenvalue weighted by Gasteiger charge is -2.23. The summed E-state index contributed by atoms with van der Waals surface area (Å²) in [5.41, 5.74) is 0. The highest BCUT2D eigenvalue weighted by molar-refractivity contribution is 4.61. The fraction of sp³-hybridized carbons (Fsp3) is 1.00. The van der Waals surface area contributed by atoms with Gasteiger partial charge in [-0.25, -0.2) is 0 Å². The highest BCUT2D eigenvalue weighted by Gasteiger charge is 2.13. The average Bonchev–Trinajstić information content (AvgIpc) is 2.03. The minimum absolute atomic E-state index is 0.325. The van der Waals surface area contributed by atoms with Crippen molar-refractivity contribution in [2.24, 2.45) is 0 Å². The summed E-state index contributed by atoms with van der Waals surface area (Å²) >= 11 is 0. The van der Waals surface area contributed by atoms with Crippen molar-refractivity contribution in [1.82, 2.24) is 4.90 Å². The summed E-state index contributed by atoms with van der Waals surface area (Å²) in [6, 6.07) is 0. The summed E-state index contributed by atoms with van der Waals surface area (Å²) in [5.74, 6) is 0. The van der Waals surface area contributed by atoms with Crippen LogP contribution in [0.3, 0.4) is 0 Å². The molecule has 0 radical (unpaired) electrons. The third kappa shape index (κ3) is 3.70. The third-order valence-electron chi connectivity index (χ3n) is 1.78. The molecular weight excluding hydrogens is 142 g/mol. The van der Waals surface area contributed by atoms with Crippen molar-refractivity contribution in [3.05, 3.63) is 0 Å². The second kappa shape index (κ2) is 4.70. The van der Waals surface area contributed by atoms with Gasteiger partial charge >= 0.3 is 0 Å². The molecule has 66 valence electrons. The van der Waals surface area contributed by atoms with Crippen LogP contribution in [0.25, 0.3) is 0 Å². The molecule has 1 fully saturated rings. The van der Waals surface area contributed by atoms with Gasteiger partial charge in [0.2, 0.25) is 0 Å². The van der Waals surface area contributed by atoms with Crippen molar-refractivity contribution in [3.63, 3.8) is 0 Å². The van der Waals surface area contributed by atoms with E-state index in [0.29, 0.717) is 6.10 Å². The summed E-state index contributed by atoms with van der Waals surface area (Å²) < 4.78 is 10.7. The van der Waals surface area contributed by atoms with E-state index >= 15 is 0 Å². The van der Waals surface area contributed by atoms with Gasteiger partial charge < -0.3 is 14.4 Å². The smallest absolute Gasteiger partial charge is 0.0821 e. The van der Waals surface area contributed by atoms with Gasteiger partial charge in [0.25, 0.3) is 0 Å². The van der Waals surface area contributed by atoms with Gasteiger partial charge in [0, 0.05) is 6.54 Å². The Kier molecular flexibility index (Phi) is 3.83. The van der Waals surface area contributed by atoms with Gasteiger partial charge in [0.05, 0.1) is 25.9 Å². The molecule has 1 aliphatic rings. The van der Waals surface area contributed by atoms with Gasteiger partial charge in [-0.3, -0.25) is 0 Å². The van der Waals surface area contributed by atoms with E-state index < -0.39 is 0 Å². The lowest BCUT2D eigenvalue weighted by Crippen LogP contribution is -2.31. The highest BCUT2D eigenvalue weighted by Crippen LogP contribution is 2.04. The van der Waals surface area contributed by atoms with Crippen molar-refractivity contribution in [2.75, 3.05) is 40.5 Å². The zero-order valence-electron chi connectivity index (χ0n) is 7.38. The first-order valence-electron chi connectivity index (χ1n) is 4.13. The Morgan fingerprint density at radius 2 is 2.18 bits per heavy atom. The Balaban J connectivity index is 2.05. The normalized spacial score (nSPS) is 25.9. The van der Waals surface area contributed by atoms with Gasteiger partial charge in [-0.2, -0.15) is 0 Å². The molecule has 0 bridgehead atoms. The third-order valence-corrected chi connectivity index (χ3v) is 1.78. The Labute approximate surface area is 68.3 Å². The molecule has 0 N–H and O–H groups in total. The van der Waals surface area contributed by atoms with E-state index in [1.165, 1.54) is 0 Å². The molecule has 3 nitrogen and oxygen atoms in total. The Morgan fingerprint density at radius 3 is 2.73 bits per heavy atom. The van der Waals surface area contributed by atoms with Gasteiger partial charge in [0.1, 0.15) is 0 Å². The van der Waals surface area contributed by atoms with E-state index in [0.717, 1.165) is 32.8 Å². The molecule has 1 saturated heterocycles. The lowest BCUT2D eigenvalue weighted by molar-refractivity contribution is -0.0919. The maximum atomic E-state index is 5.48. The highest BCUT2D eigenvalue weighted by atomic mass is 16.6. The fourth-order valence-corrected chi connectivity index (χ4v) is 1.11. The predicted octanol–water partition coefficient (Wildman–Crippen LogP) is 0.353. The zero-order valence-corrected chi connectivity index (χ0v) is 7.38. The van der Waals surface area contributed by atoms with E-state index in [1.807, 2.05) is 0 Å². The molecule has 11 heavy (non-hydrogen) atoms. The van der Waals surface area contributed by atoms with Crippen LogP contribution in [0.1, 0.15) is 6.42 Å². The van der Waals surface area contributed by atoms with Crippen molar-refractivity contribution in [2.45, 2.75) is 12.5 Å². The predicted molar refractivity (Wildman–Crippen MR) is 43.7 cm³/mol. The largest absolute Gasteiger partial charge is 0.376 e. The SMILES string of the molecule is CN(C)CCC1COCCO1. The molecule has 0 aromatic heterocycles. The van der Waals surface area contributed by atoms with Crippen LogP contribution >= 0.6 is 0 Å². The molecule has 0 saturated carbocycles. The van der Waals surface area contributed by atoms with Crippen LogP contribution in [0.5, 0.6) is 0 Å². The molecule has 1 aliphatic heterocycles. The maximum absolute atomic E-state index is 5.48. The zero-order chi connectivity index (χ0) is 8.10. The van der Waals surface area contributed by atoms with Crippen molar-refractivity contribution >= 4 is 0 Å². The topological polar surface area (TPSA) is 21.7 Å². The van der Waals surface area contributed by atoms with Crippen molar-refractivity contribution < 1.29 is 9.47 Å². The summed E-state index contributed by atoms with van der Waals surface area (Å²) in [5, 5.41) is 0. The lowest BCUT2D eigenvalue weighted by atomic mass is 10.2. The van der Waals surface area contributed by atoms with Crippen molar-refractivity contribution in [1.29, 1.82) is 0 Å². The van der Waals surface area contributed by atoms with Crippen LogP contribution in [0.2, 0.25) is 0 Å². The van der Waals surface area contributed by atoms with Gasteiger partial charge in [-0.05, 0) is 20.5 Å². The van der Waals surface area contributed by atoms with Crippen LogP contribution in [-0.2, 0) is 9.47 Å². The van der Waals surface area contributed by atoms with Gasteiger partial charge in [-0.15, -0.1) is 0 Å². The Hall–Kier alpha value is -0.120. The second-order valence-corrected chi connectivity index (χ2v) is 3.16. The summed E-state index contributed by atoms with van der Waals surface area (Å²) in [4.78, 5) is 2.16. The number of hydrogen-bond acceptors (Lipinski definition) is 3. The van der Waals surface area contributed by atoms with Crippen molar-refractivity contribution in [3.8, 4) is 0 Å². The van der Waals surface area contributed by atoms with Crippen LogP contribution in [0, 0.1) is 0 Å². The molecule has 1 atom stereocenters. The molecule has 0 amide bonds. The molecule has 0 aromatic rings. The number of ether oxygens (including phenoxy) is 2. The van der Waals surface area contributed by atoms with E-state index in [1.54, 1.807) is 0 Å². The minimum Gasteiger partial charge on any atom is -0.376 e. The van der Waals surface area contributed by atoms with Crippen LogP contribution in [0.15, 0.2) is 0 Å². The van der Waals surface area contributed by atoms with Crippen LogP contribution in [-0.4, -0.2) is 51.5 Å². The van der Waals surface area contributed by atoms with E-state index in [2.05, 4.69) is 19.0 Å². The first-order valence-corrected chi connectivity index (χ1v) is 4.13. The van der Waals surface area contributed by atoms with Gasteiger partial charge in [-0.1, -0.05) is 0 Å². The van der Waals surface area contributed by atoms with E-state index in [-0.39, 0.29) is 0 Å². The maximum Gasteiger partial charge on any atom is 0.0821 e. The number of rotatable bonds is 3. The Bertz CT molecular complexity index is 100. The quantitative estimate of drug-likeness (QED) is 0.593. The first-order chi connectivity index (χ1) is 5.29.